The lowest BCUT2D eigenvalue weighted by Crippen LogP contribution is -2.26. The number of benzene rings is 2. The molecule has 0 saturated heterocycles. The van der Waals surface area contributed by atoms with Crippen LogP contribution in [0, 0.1) is 6.92 Å². The molecule has 0 aliphatic carbocycles. The zero-order valence-corrected chi connectivity index (χ0v) is 16.3. The van der Waals surface area contributed by atoms with Crippen molar-refractivity contribution in [3.8, 4) is 11.5 Å². The van der Waals surface area contributed by atoms with Crippen molar-refractivity contribution in [1.82, 2.24) is 5.16 Å². The van der Waals surface area contributed by atoms with Crippen LogP contribution in [0.15, 0.2) is 59.1 Å². The Kier molecular flexibility index (Phi) is 5.65. The van der Waals surface area contributed by atoms with Crippen molar-refractivity contribution < 1.29 is 28.3 Å². The average Bonchev–Trinajstić information content (AvgIpc) is 3.39. The van der Waals surface area contributed by atoms with Crippen molar-refractivity contribution in [2.24, 2.45) is 0 Å². The Bertz CT molecular complexity index is 1050. The third-order valence-electron chi connectivity index (χ3n) is 4.52. The highest BCUT2D eigenvalue weighted by Crippen LogP contribution is 2.33. The molecule has 154 valence electrons. The van der Waals surface area contributed by atoms with Gasteiger partial charge in [0.15, 0.2) is 17.3 Å². The van der Waals surface area contributed by atoms with Gasteiger partial charge in [0.25, 0.3) is 5.91 Å². The lowest BCUT2D eigenvalue weighted by atomic mass is 10.1. The number of esters is 1. The summed E-state index contributed by atoms with van der Waals surface area (Å²) in [6.45, 7) is 1.91. The van der Waals surface area contributed by atoms with Gasteiger partial charge in [-0.1, -0.05) is 41.6 Å². The second-order valence-electron chi connectivity index (χ2n) is 6.78. The molecule has 0 bridgehead atoms. The summed E-state index contributed by atoms with van der Waals surface area (Å²) in [5.41, 5.74) is 1.47. The standard InChI is InChI=1S/C22H20N2O6/c1-14-11-19(24-30-14)23-22(26)21(16-5-3-2-4-6-16)29-20(25)10-8-15-7-9-17-18(12-15)28-13-27-17/h2-7,9,11-12,21H,8,10,13H2,1H3,(H,23,24,26). The number of rotatable bonds is 7. The number of carbonyl (C=O) groups is 2. The smallest absolute Gasteiger partial charge is 0.307 e. The van der Waals surface area contributed by atoms with Gasteiger partial charge in [0.1, 0.15) is 5.76 Å². The highest BCUT2D eigenvalue weighted by Gasteiger charge is 2.26. The molecule has 1 amide bonds. The molecule has 0 spiro atoms. The van der Waals surface area contributed by atoms with E-state index < -0.39 is 18.0 Å². The highest BCUT2D eigenvalue weighted by molar-refractivity contribution is 5.95. The molecular weight excluding hydrogens is 388 g/mol. The Morgan fingerprint density at radius 1 is 1.10 bits per heavy atom. The van der Waals surface area contributed by atoms with Gasteiger partial charge in [0, 0.05) is 18.1 Å². The SMILES string of the molecule is Cc1cc(NC(=O)C(OC(=O)CCc2ccc3c(c2)OCO3)c2ccccc2)no1. The van der Waals surface area contributed by atoms with Crippen LogP contribution in [0.25, 0.3) is 0 Å². The van der Waals surface area contributed by atoms with Crippen molar-refractivity contribution >= 4 is 17.7 Å². The molecule has 2 heterocycles. The van der Waals surface area contributed by atoms with Gasteiger partial charge in [-0.05, 0) is 31.0 Å². The number of fused-ring (bicyclic) bond motifs is 1. The fourth-order valence-electron chi connectivity index (χ4n) is 3.05. The lowest BCUT2D eigenvalue weighted by Gasteiger charge is -2.17. The van der Waals surface area contributed by atoms with E-state index >= 15 is 0 Å². The topological polar surface area (TPSA) is 99.9 Å². The zero-order valence-electron chi connectivity index (χ0n) is 16.3. The van der Waals surface area contributed by atoms with Gasteiger partial charge >= 0.3 is 5.97 Å². The minimum Gasteiger partial charge on any atom is -0.454 e. The molecule has 30 heavy (non-hydrogen) atoms. The molecule has 8 nitrogen and oxygen atoms in total. The molecule has 1 N–H and O–H groups in total. The van der Waals surface area contributed by atoms with Gasteiger partial charge < -0.3 is 24.1 Å². The summed E-state index contributed by atoms with van der Waals surface area (Å²) in [6, 6.07) is 15.9. The predicted molar refractivity (Wildman–Crippen MR) is 106 cm³/mol. The average molecular weight is 408 g/mol. The summed E-state index contributed by atoms with van der Waals surface area (Å²) >= 11 is 0. The second kappa shape index (κ2) is 8.69. The van der Waals surface area contributed by atoms with Gasteiger partial charge in [-0.2, -0.15) is 0 Å². The predicted octanol–water partition coefficient (Wildman–Crippen LogP) is 3.57. The van der Waals surface area contributed by atoms with Gasteiger partial charge in [0.05, 0.1) is 0 Å². The molecule has 4 rings (SSSR count). The number of amides is 1. The first-order valence-corrected chi connectivity index (χ1v) is 9.45. The first kappa shape index (κ1) is 19.5. The number of nitrogens with one attached hydrogen (secondary N) is 1. The fourth-order valence-corrected chi connectivity index (χ4v) is 3.05. The molecule has 1 aliphatic rings. The van der Waals surface area contributed by atoms with Crippen molar-refractivity contribution in [3.05, 3.63) is 71.5 Å². The number of hydrogen-bond donors (Lipinski definition) is 1. The van der Waals surface area contributed by atoms with Gasteiger partial charge in [-0.3, -0.25) is 9.59 Å². The van der Waals surface area contributed by atoms with E-state index in [1.165, 1.54) is 0 Å². The van der Waals surface area contributed by atoms with Crippen molar-refractivity contribution in [1.29, 1.82) is 0 Å². The van der Waals surface area contributed by atoms with Crippen LogP contribution in [-0.2, 0) is 20.7 Å². The highest BCUT2D eigenvalue weighted by atomic mass is 16.7. The Hall–Kier alpha value is -3.81. The number of ether oxygens (including phenoxy) is 3. The summed E-state index contributed by atoms with van der Waals surface area (Å²) in [7, 11) is 0. The second-order valence-corrected chi connectivity index (χ2v) is 6.78. The van der Waals surface area contributed by atoms with E-state index in [0.29, 0.717) is 29.2 Å². The number of anilines is 1. The Balaban J connectivity index is 1.41. The molecular formula is C22H20N2O6. The maximum Gasteiger partial charge on any atom is 0.307 e. The molecule has 1 aromatic heterocycles. The van der Waals surface area contributed by atoms with Crippen LogP contribution in [0.5, 0.6) is 11.5 Å². The third kappa shape index (κ3) is 4.60. The van der Waals surface area contributed by atoms with Crippen LogP contribution in [0.1, 0.15) is 29.4 Å². The molecule has 1 aliphatic heterocycles. The Morgan fingerprint density at radius 2 is 1.90 bits per heavy atom. The van der Waals surface area contributed by atoms with Crippen LogP contribution in [-0.4, -0.2) is 23.8 Å². The van der Waals surface area contributed by atoms with Crippen LogP contribution in [0.2, 0.25) is 0 Å². The van der Waals surface area contributed by atoms with E-state index in [1.807, 2.05) is 24.3 Å². The van der Waals surface area contributed by atoms with Crippen molar-refractivity contribution in [2.45, 2.75) is 25.9 Å². The van der Waals surface area contributed by atoms with Crippen LogP contribution >= 0.6 is 0 Å². The molecule has 0 fully saturated rings. The van der Waals surface area contributed by atoms with Gasteiger partial charge in [-0.25, -0.2) is 0 Å². The van der Waals surface area contributed by atoms with E-state index in [1.54, 1.807) is 37.3 Å². The van der Waals surface area contributed by atoms with Crippen molar-refractivity contribution in [2.75, 3.05) is 12.1 Å². The summed E-state index contributed by atoms with van der Waals surface area (Å²) in [4.78, 5) is 25.3. The molecule has 2 aromatic carbocycles. The van der Waals surface area contributed by atoms with E-state index in [4.69, 9.17) is 18.7 Å². The summed E-state index contributed by atoms with van der Waals surface area (Å²) in [5.74, 6) is 1.16. The fraction of sp³-hybridized carbons (Fsp3) is 0.227. The Labute approximate surface area is 172 Å². The van der Waals surface area contributed by atoms with Crippen LogP contribution in [0.4, 0.5) is 5.82 Å². The summed E-state index contributed by atoms with van der Waals surface area (Å²) in [6.07, 6.45) is -0.548. The third-order valence-corrected chi connectivity index (χ3v) is 4.52. The van der Waals surface area contributed by atoms with Crippen LogP contribution in [0.3, 0.4) is 0 Å². The number of carbonyl (C=O) groups excluding carboxylic acids is 2. The van der Waals surface area contributed by atoms with Gasteiger partial charge in [-0.15, -0.1) is 0 Å². The number of nitrogens with zero attached hydrogens (tertiary/aromatic N) is 1. The minimum atomic E-state index is -1.10. The number of aryl methyl sites for hydroxylation is 2. The number of aromatic nitrogens is 1. The first-order valence-electron chi connectivity index (χ1n) is 9.45. The first-order chi connectivity index (χ1) is 14.6. The zero-order chi connectivity index (χ0) is 20.9. The van der Waals surface area contributed by atoms with Crippen LogP contribution < -0.4 is 14.8 Å². The van der Waals surface area contributed by atoms with E-state index in [-0.39, 0.29) is 19.0 Å². The van der Waals surface area contributed by atoms with E-state index in [0.717, 1.165) is 5.56 Å². The van der Waals surface area contributed by atoms with Crippen molar-refractivity contribution in [3.63, 3.8) is 0 Å². The normalized spacial score (nSPS) is 13.0. The maximum absolute atomic E-state index is 12.8. The monoisotopic (exact) mass is 408 g/mol. The van der Waals surface area contributed by atoms with E-state index in [9.17, 15) is 9.59 Å². The number of hydrogen-bond acceptors (Lipinski definition) is 7. The molecule has 1 unspecified atom stereocenters. The largest absolute Gasteiger partial charge is 0.454 e. The summed E-state index contributed by atoms with van der Waals surface area (Å²) < 4.78 is 21.1. The molecule has 0 saturated carbocycles. The Morgan fingerprint density at radius 3 is 2.67 bits per heavy atom. The van der Waals surface area contributed by atoms with Gasteiger partial charge in [0.2, 0.25) is 12.9 Å². The lowest BCUT2D eigenvalue weighted by molar-refractivity contribution is -0.154. The molecule has 0 radical (unpaired) electrons. The minimum absolute atomic E-state index is 0.110. The molecule has 3 aromatic rings. The van der Waals surface area contributed by atoms with E-state index in [2.05, 4.69) is 10.5 Å². The molecule has 8 heteroatoms. The summed E-state index contributed by atoms with van der Waals surface area (Å²) in [5, 5.41) is 6.36. The molecule has 1 atom stereocenters. The quantitative estimate of drug-likeness (QED) is 0.597. The maximum atomic E-state index is 12.8.